The topological polar surface area (TPSA) is 12.9 Å². The van der Waals surface area contributed by atoms with Gasteiger partial charge in [0.15, 0.2) is 0 Å². The molecule has 0 saturated carbocycles. The van der Waals surface area contributed by atoms with Gasteiger partial charge in [-0.15, -0.1) is 0 Å². The van der Waals surface area contributed by atoms with Gasteiger partial charge in [0, 0.05) is 16.3 Å². The van der Waals surface area contributed by atoms with Crippen molar-refractivity contribution in [3.63, 3.8) is 0 Å². The molecule has 1 aliphatic carbocycles. The fourth-order valence-electron chi connectivity index (χ4n) is 3.60. The summed E-state index contributed by atoms with van der Waals surface area (Å²) < 4.78 is 0. The number of benzene rings is 3. The molecular formula is C20H13N. The number of aromatic nitrogens is 1. The van der Waals surface area contributed by atoms with Crippen LogP contribution in [-0.4, -0.2) is 4.98 Å². The molecule has 1 aliphatic rings. The van der Waals surface area contributed by atoms with Crippen LogP contribution in [0.2, 0.25) is 0 Å². The Labute approximate surface area is 122 Å². The van der Waals surface area contributed by atoms with Crippen molar-refractivity contribution >= 4 is 21.8 Å². The third-order valence-corrected chi connectivity index (χ3v) is 4.52. The van der Waals surface area contributed by atoms with Crippen molar-refractivity contribution in [2.45, 2.75) is 6.92 Å². The molecule has 1 nitrogen and oxygen atoms in total. The van der Waals surface area contributed by atoms with E-state index in [-0.39, 0.29) is 0 Å². The molecule has 5 rings (SSSR count). The lowest BCUT2D eigenvalue weighted by Crippen LogP contribution is -1.88. The Kier molecular flexibility index (Phi) is 1.95. The number of para-hydroxylation sites is 1. The summed E-state index contributed by atoms with van der Waals surface area (Å²) in [5, 5.41) is 2.57. The largest absolute Gasteiger partial charge is 0.247 e. The smallest absolute Gasteiger partial charge is 0.0745 e. The van der Waals surface area contributed by atoms with Gasteiger partial charge in [-0.25, -0.2) is 4.98 Å². The van der Waals surface area contributed by atoms with E-state index in [1.54, 1.807) is 0 Å². The number of hydrogen-bond acceptors (Lipinski definition) is 1. The minimum Gasteiger partial charge on any atom is -0.247 e. The number of fused-ring (bicyclic) bond motifs is 5. The van der Waals surface area contributed by atoms with Gasteiger partial charge < -0.3 is 0 Å². The van der Waals surface area contributed by atoms with E-state index in [0.717, 1.165) is 11.0 Å². The van der Waals surface area contributed by atoms with Crippen LogP contribution in [0.4, 0.5) is 0 Å². The van der Waals surface area contributed by atoms with Gasteiger partial charge in [-0.05, 0) is 35.2 Å². The summed E-state index contributed by atoms with van der Waals surface area (Å²) >= 11 is 0. The first-order valence-electron chi connectivity index (χ1n) is 7.26. The Morgan fingerprint density at radius 2 is 1.48 bits per heavy atom. The maximum Gasteiger partial charge on any atom is 0.0745 e. The fraction of sp³-hybridized carbons (Fsp3) is 0.0500. The van der Waals surface area contributed by atoms with E-state index in [2.05, 4.69) is 67.6 Å². The normalized spacial score (nSPS) is 12.0. The summed E-state index contributed by atoms with van der Waals surface area (Å²) in [5.41, 5.74) is 8.78. The molecule has 0 bridgehead atoms. The van der Waals surface area contributed by atoms with Crippen LogP contribution in [0.3, 0.4) is 0 Å². The first-order valence-corrected chi connectivity index (χ1v) is 7.26. The van der Waals surface area contributed by atoms with Crippen LogP contribution in [0.15, 0.2) is 60.7 Å². The summed E-state index contributed by atoms with van der Waals surface area (Å²) in [5.74, 6) is 0. The third-order valence-electron chi connectivity index (χ3n) is 4.52. The quantitative estimate of drug-likeness (QED) is 0.345. The van der Waals surface area contributed by atoms with E-state index in [4.69, 9.17) is 4.98 Å². The molecule has 0 spiro atoms. The predicted octanol–water partition coefficient (Wildman–Crippen LogP) is 5.34. The minimum atomic E-state index is 1.10. The van der Waals surface area contributed by atoms with Crippen LogP contribution in [-0.2, 0) is 0 Å². The molecule has 1 heteroatoms. The maximum atomic E-state index is 4.92. The molecule has 0 aliphatic heterocycles. The molecular weight excluding hydrogens is 254 g/mol. The predicted molar refractivity (Wildman–Crippen MR) is 88.4 cm³/mol. The fourth-order valence-corrected chi connectivity index (χ4v) is 3.60. The zero-order valence-corrected chi connectivity index (χ0v) is 11.7. The molecule has 0 unspecified atom stereocenters. The van der Waals surface area contributed by atoms with Crippen LogP contribution in [0.1, 0.15) is 5.56 Å². The molecule has 0 saturated heterocycles. The van der Waals surface area contributed by atoms with Crippen LogP contribution in [0, 0.1) is 6.92 Å². The highest BCUT2D eigenvalue weighted by Crippen LogP contribution is 2.49. The van der Waals surface area contributed by atoms with E-state index in [9.17, 15) is 0 Å². The SMILES string of the molecule is Cc1cccc2c3c4c(cccc4nc12)-c1ccccc1-3. The van der Waals surface area contributed by atoms with Crippen LogP contribution in [0.5, 0.6) is 0 Å². The van der Waals surface area contributed by atoms with Gasteiger partial charge in [-0.1, -0.05) is 54.6 Å². The lowest BCUT2D eigenvalue weighted by Gasteiger charge is -2.09. The Morgan fingerprint density at radius 3 is 2.38 bits per heavy atom. The second kappa shape index (κ2) is 3.70. The summed E-state index contributed by atoms with van der Waals surface area (Å²) in [7, 11) is 0. The van der Waals surface area contributed by atoms with Crippen molar-refractivity contribution in [2.75, 3.05) is 0 Å². The van der Waals surface area contributed by atoms with Crippen LogP contribution >= 0.6 is 0 Å². The molecule has 1 heterocycles. The molecule has 0 fully saturated rings. The summed E-state index contributed by atoms with van der Waals surface area (Å²) in [4.78, 5) is 4.92. The lowest BCUT2D eigenvalue weighted by atomic mass is 9.99. The highest BCUT2D eigenvalue weighted by molar-refractivity contribution is 6.22. The first-order chi connectivity index (χ1) is 10.3. The van der Waals surface area contributed by atoms with Gasteiger partial charge in [-0.3, -0.25) is 0 Å². The Morgan fingerprint density at radius 1 is 0.714 bits per heavy atom. The summed E-state index contributed by atoms with van der Waals surface area (Å²) in [6.07, 6.45) is 0. The Bertz CT molecular complexity index is 1040. The Balaban J connectivity index is 2.15. The van der Waals surface area contributed by atoms with Crippen molar-refractivity contribution in [3.05, 3.63) is 66.2 Å². The number of hydrogen-bond donors (Lipinski definition) is 0. The van der Waals surface area contributed by atoms with Crippen molar-refractivity contribution in [1.82, 2.24) is 4.98 Å². The minimum absolute atomic E-state index is 1.10. The van der Waals surface area contributed by atoms with E-state index >= 15 is 0 Å². The van der Waals surface area contributed by atoms with Gasteiger partial charge in [0.2, 0.25) is 0 Å². The Hall–Kier alpha value is -2.67. The van der Waals surface area contributed by atoms with Crippen molar-refractivity contribution in [1.29, 1.82) is 0 Å². The van der Waals surface area contributed by atoms with Crippen LogP contribution in [0.25, 0.3) is 44.1 Å². The van der Waals surface area contributed by atoms with Gasteiger partial charge in [0.25, 0.3) is 0 Å². The highest BCUT2D eigenvalue weighted by atomic mass is 14.7. The summed E-state index contributed by atoms with van der Waals surface area (Å²) in [6, 6.07) is 21.6. The molecule has 98 valence electrons. The first kappa shape index (κ1) is 11.0. The molecule has 0 N–H and O–H groups in total. The van der Waals surface area contributed by atoms with Gasteiger partial charge in [0.1, 0.15) is 0 Å². The second-order valence-electron chi connectivity index (χ2n) is 5.70. The van der Waals surface area contributed by atoms with E-state index in [1.807, 2.05) is 0 Å². The van der Waals surface area contributed by atoms with Crippen molar-refractivity contribution < 1.29 is 0 Å². The van der Waals surface area contributed by atoms with Gasteiger partial charge in [-0.2, -0.15) is 0 Å². The zero-order chi connectivity index (χ0) is 14.0. The third kappa shape index (κ3) is 1.28. The van der Waals surface area contributed by atoms with Gasteiger partial charge in [0.05, 0.1) is 11.0 Å². The summed E-state index contributed by atoms with van der Waals surface area (Å²) in [6.45, 7) is 2.14. The molecule has 0 atom stereocenters. The second-order valence-corrected chi connectivity index (χ2v) is 5.70. The van der Waals surface area contributed by atoms with Crippen LogP contribution < -0.4 is 0 Å². The zero-order valence-electron chi connectivity index (χ0n) is 11.7. The van der Waals surface area contributed by atoms with Crippen molar-refractivity contribution in [2.24, 2.45) is 0 Å². The molecule has 21 heavy (non-hydrogen) atoms. The standard InChI is InChI=1S/C20H13N/c1-12-6-4-10-16-18-14-8-3-2-7-13(14)15-9-5-11-17(19(15)18)21-20(12)16/h2-11H,1H3. The van der Waals surface area contributed by atoms with Gasteiger partial charge >= 0.3 is 0 Å². The number of aryl methyl sites for hydroxylation is 1. The average Bonchev–Trinajstić information content (AvgIpc) is 2.86. The molecule has 0 radical (unpaired) electrons. The molecule has 0 amide bonds. The number of nitrogens with zero attached hydrogens (tertiary/aromatic N) is 1. The average molecular weight is 267 g/mol. The number of pyridine rings is 1. The maximum absolute atomic E-state index is 4.92. The van der Waals surface area contributed by atoms with E-state index < -0.39 is 0 Å². The monoisotopic (exact) mass is 267 g/mol. The molecule has 1 aromatic heterocycles. The van der Waals surface area contributed by atoms with E-state index in [0.29, 0.717) is 0 Å². The number of rotatable bonds is 0. The lowest BCUT2D eigenvalue weighted by molar-refractivity contribution is 1.43. The highest BCUT2D eigenvalue weighted by Gasteiger charge is 2.23. The molecule has 4 aromatic rings. The van der Waals surface area contributed by atoms with Crippen molar-refractivity contribution in [3.8, 4) is 22.3 Å². The molecule has 3 aromatic carbocycles. The van der Waals surface area contributed by atoms with E-state index in [1.165, 1.54) is 38.6 Å².